The summed E-state index contributed by atoms with van der Waals surface area (Å²) in [6.45, 7) is 9.78. The molecule has 0 radical (unpaired) electrons. The maximum absolute atomic E-state index is 5.20. The van der Waals surface area contributed by atoms with Crippen LogP contribution in [0.4, 0.5) is 6.01 Å². The highest BCUT2D eigenvalue weighted by molar-refractivity contribution is 5.21. The lowest BCUT2D eigenvalue weighted by atomic mass is 10.1. The van der Waals surface area contributed by atoms with Gasteiger partial charge in [0.25, 0.3) is 0 Å². The standard InChI is InChI=1S/C12H22N4O/c1-4-16-7-5-10(6-8-16)13-12-14-11(9(2)3)15-17-12/h9-10H,4-8H2,1-3H3,(H,13,14,15). The van der Waals surface area contributed by atoms with Crippen LogP contribution in [0.1, 0.15) is 45.4 Å². The Morgan fingerprint density at radius 1 is 1.41 bits per heavy atom. The summed E-state index contributed by atoms with van der Waals surface area (Å²) in [4.78, 5) is 6.80. The quantitative estimate of drug-likeness (QED) is 0.870. The molecule has 96 valence electrons. The molecule has 1 saturated heterocycles. The van der Waals surface area contributed by atoms with Crippen molar-refractivity contribution in [1.29, 1.82) is 0 Å². The van der Waals surface area contributed by atoms with E-state index in [1.54, 1.807) is 0 Å². The van der Waals surface area contributed by atoms with Crippen LogP contribution in [0.3, 0.4) is 0 Å². The molecule has 0 saturated carbocycles. The van der Waals surface area contributed by atoms with Crippen LogP contribution in [0.25, 0.3) is 0 Å². The normalized spacial score (nSPS) is 18.8. The van der Waals surface area contributed by atoms with Crippen molar-refractivity contribution in [2.75, 3.05) is 25.0 Å². The Hall–Kier alpha value is -1.10. The predicted octanol–water partition coefficient (Wildman–Crippen LogP) is 2.09. The van der Waals surface area contributed by atoms with E-state index in [0.29, 0.717) is 18.0 Å². The molecule has 0 amide bonds. The molecule has 0 unspecified atom stereocenters. The van der Waals surface area contributed by atoms with Crippen LogP contribution in [-0.4, -0.2) is 40.7 Å². The predicted molar refractivity (Wildman–Crippen MR) is 67.1 cm³/mol. The molecule has 1 aromatic rings. The summed E-state index contributed by atoms with van der Waals surface area (Å²) in [5.41, 5.74) is 0. The van der Waals surface area contributed by atoms with Crippen molar-refractivity contribution in [1.82, 2.24) is 15.0 Å². The number of aromatic nitrogens is 2. The Labute approximate surface area is 103 Å². The van der Waals surface area contributed by atoms with Gasteiger partial charge in [-0.2, -0.15) is 4.98 Å². The second-order valence-electron chi connectivity index (χ2n) is 4.97. The van der Waals surface area contributed by atoms with Gasteiger partial charge in [-0.15, -0.1) is 0 Å². The van der Waals surface area contributed by atoms with E-state index in [1.807, 2.05) is 0 Å². The van der Waals surface area contributed by atoms with Gasteiger partial charge in [0.1, 0.15) is 0 Å². The minimum atomic E-state index is 0.316. The second kappa shape index (κ2) is 5.49. The van der Waals surface area contributed by atoms with Gasteiger partial charge in [0.15, 0.2) is 5.82 Å². The molecule has 17 heavy (non-hydrogen) atoms. The Kier molecular flexibility index (Phi) is 3.99. The maximum atomic E-state index is 5.20. The van der Waals surface area contributed by atoms with Crippen LogP contribution in [0.2, 0.25) is 0 Å². The van der Waals surface area contributed by atoms with Crippen molar-refractivity contribution in [3.05, 3.63) is 5.82 Å². The summed E-state index contributed by atoms with van der Waals surface area (Å²) in [5.74, 6) is 1.09. The molecule has 0 aromatic carbocycles. The first kappa shape index (κ1) is 12.4. The van der Waals surface area contributed by atoms with Crippen LogP contribution in [0.15, 0.2) is 4.52 Å². The lowest BCUT2D eigenvalue weighted by molar-refractivity contribution is 0.228. The number of anilines is 1. The van der Waals surface area contributed by atoms with E-state index in [0.717, 1.165) is 38.3 Å². The van der Waals surface area contributed by atoms with Gasteiger partial charge < -0.3 is 14.7 Å². The Balaban J connectivity index is 1.84. The van der Waals surface area contributed by atoms with Crippen molar-refractivity contribution < 1.29 is 4.52 Å². The largest absolute Gasteiger partial charge is 0.335 e. The SMILES string of the molecule is CCN1CCC(Nc2nc(C(C)C)no2)CC1. The fourth-order valence-corrected chi connectivity index (χ4v) is 2.10. The van der Waals surface area contributed by atoms with Crippen molar-refractivity contribution in [2.24, 2.45) is 0 Å². The highest BCUT2D eigenvalue weighted by Crippen LogP contribution is 2.17. The van der Waals surface area contributed by atoms with Gasteiger partial charge in [-0.05, 0) is 19.4 Å². The summed E-state index contributed by atoms with van der Waals surface area (Å²) in [6.07, 6.45) is 2.29. The number of hydrogen-bond acceptors (Lipinski definition) is 5. The molecule has 0 spiro atoms. The molecule has 2 heterocycles. The first-order valence-electron chi connectivity index (χ1n) is 6.51. The molecule has 1 fully saturated rings. The van der Waals surface area contributed by atoms with E-state index >= 15 is 0 Å². The second-order valence-corrected chi connectivity index (χ2v) is 4.97. The number of nitrogens with one attached hydrogen (secondary N) is 1. The average Bonchev–Trinajstić information content (AvgIpc) is 2.79. The van der Waals surface area contributed by atoms with E-state index < -0.39 is 0 Å². The number of likely N-dealkylation sites (tertiary alicyclic amines) is 1. The van der Waals surface area contributed by atoms with E-state index in [2.05, 4.69) is 41.1 Å². The van der Waals surface area contributed by atoms with Crippen molar-refractivity contribution in [3.8, 4) is 0 Å². The van der Waals surface area contributed by atoms with Crippen LogP contribution in [0.5, 0.6) is 0 Å². The van der Waals surface area contributed by atoms with Crippen molar-refractivity contribution in [3.63, 3.8) is 0 Å². The van der Waals surface area contributed by atoms with Crippen LogP contribution < -0.4 is 5.32 Å². The fraction of sp³-hybridized carbons (Fsp3) is 0.833. The van der Waals surface area contributed by atoms with Crippen molar-refractivity contribution in [2.45, 2.75) is 45.6 Å². The Morgan fingerprint density at radius 2 is 2.12 bits per heavy atom. The zero-order valence-corrected chi connectivity index (χ0v) is 10.9. The van der Waals surface area contributed by atoms with Crippen LogP contribution in [0, 0.1) is 0 Å². The van der Waals surface area contributed by atoms with Gasteiger partial charge >= 0.3 is 6.01 Å². The molecule has 5 nitrogen and oxygen atoms in total. The zero-order valence-electron chi connectivity index (χ0n) is 10.9. The topological polar surface area (TPSA) is 54.2 Å². The fourth-order valence-electron chi connectivity index (χ4n) is 2.10. The highest BCUT2D eigenvalue weighted by Gasteiger charge is 2.20. The van der Waals surface area contributed by atoms with Crippen molar-refractivity contribution >= 4 is 6.01 Å². The van der Waals surface area contributed by atoms with E-state index in [9.17, 15) is 0 Å². The van der Waals surface area contributed by atoms with Crippen LogP contribution >= 0.6 is 0 Å². The van der Waals surface area contributed by atoms with Gasteiger partial charge in [-0.3, -0.25) is 0 Å². The van der Waals surface area contributed by atoms with E-state index in [-0.39, 0.29) is 0 Å². The van der Waals surface area contributed by atoms with E-state index in [1.165, 1.54) is 0 Å². The molecule has 0 aliphatic carbocycles. The summed E-state index contributed by atoms with van der Waals surface area (Å²) >= 11 is 0. The maximum Gasteiger partial charge on any atom is 0.321 e. The van der Waals surface area contributed by atoms with Gasteiger partial charge in [0.2, 0.25) is 0 Å². The minimum Gasteiger partial charge on any atom is -0.335 e. The molecule has 1 aliphatic heterocycles. The average molecular weight is 238 g/mol. The number of piperidine rings is 1. The number of rotatable bonds is 4. The highest BCUT2D eigenvalue weighted by atomic mass is 16.5. The Bertz CT molecular complexity index is 342. The molecule has 1 aliphatic rings. The van der Waals surface area contributed by atoms with Gasteiger partial charge in [0, 0.05) is 25.0 Å². The van der Waals surface area contributed by atoms with E-state index in [4.69, 9.17) is 4.52 Å². The summed E-state index contributed by atoms with van der Waals surface area (Å²) in [7, 11) is 0. The third-order valence-corrected chi connectivity index (χ3v) is 3.32. The first-order valence-corrected chi connectivity index (χ1v) is 6.51. The molecular weight excluding hydrogens is 216 g/mol. The smallest absolute Gasteiger partial charge is 0.321 e. The first-order chi connectivity index (χ1) is 8.19. The molecule has 1 aromatic heterocycles. The van der Waals surface area contributed by atoms with Gasteiger partial charge in [0.05, 0.1) is 0 Å². The summed E-state index contributed by atoms with van der Waals surface area (Å²) < 4.78 is 5.20. The zero-order chi connectivity index (χ0) is 12.3. The molecule has 5 heteroatoms. The molecule has 2 rings (SSSR count). The van der Waals surface area contributed by atoms with Gasteiger partial charge in [-0.25, -0.2) is 0 Å². The lowest BCUT2D eigenvalue weighted by Gasteiger charge is -2.30. The summed E-state index contributed by atoms with van der Waals surface area (Å²) in [6, 6.07) is 1.04. The summed E-state index contributed by atoms with van der Waals surface area (Å²) in [5, 5.41) is 7.29. The molecule has 0 atom stereocenters. The molecular formula is C12H22N4O. The minimum absolute atomic E-state index is 0.316. The monoisotopic (exact) mass is 238 g/mol. The van der Waals surface area contributed by atoms with Crippen LogP contribution in [-0.2, 0) is 0 Å². The number of hydrogen-bond donors (Lipinski definition) is 1. The Morgan fingerprint density at radius 3 is 2.65 bits per heavy atom. The molecule has 0 bridgehead atoms. The third kappa shape index (κ3) is 3.19. The number of nitrogens with zero attached hydrogens (tertiary/aromatic N) is 3. The lowest BCUT2D eigenvalue weighted by Crippen LogP contribution is -2.38. The van der Waals surface area contributed by atoms with Gasteiger partial charge in [-0.1, -0.05) is 25.9 Å². The third-order valence-electron chi connectivity index (χ3n) is 3.32. The molecule has 1 N–H and O–H groups in total.